The Morgan fingerprint density at radius 1 is 1.50 bits per heavy atom. The fourth-order valence-electron chi connectivity index (χ4n) is 2.10. The summed E-state index contributed by atoms with van der Waals surface area (Å²) in [7, 11) is 0. The van der Waals surface area contributed by atoms with E-state index < -0.39 is 0 Å². The number of rotatable bonds is 2. The molecule has 104 valence electrons. The van der Waals surface area contributed by atoms with Crippen LogP contribution in [0.4, 0.5) is 4.39 Å². The summed E-state index contributed by atoms with van der Waals surface area (Å²) >= 11 is 0. The van der Waals surface area contributed by atoms with Crippen molar-refractivity contribution in [2.24, 2.45) is 5.73 Å². The number of nitrogens with zero attached hydrogens (tertiary/aromatic N) is 2. The fraction of sp³-hybridized carbons (Fsp3) is 0.400. The fourth-order valence-corrected chi connectivity index (χ4v) is 2.10. The van der Waals surface area contributed by atoms with Crippen molar-refractivity contribution in [3.8, 4) is 17.9 Å². The average molecular weight is 273 g/mol. The second kappa shape index (κ2) is 7.02. The van der Waals surface area contributed by atoms with E-state index in [1.807, 2.05) is 0 Å². The summed E-state index contributed by atoms with van der Waals surface area (Å²) < 4.78 is 18.9. The van der Waals surface area contributed by atoms with Gasteiger partial charge in [0.15, 0.2) is 6.10 Å². The van der Waals surface area contributed by atoms with Crippen LogP contribution < -0.4 is 5.73 Å². The number of halogens is 1. The van der Waals surface area contributed by atoms with Gasteiger partial charge in [0.25, 0.3) is 0 Å². The molecule has 1 aromatic rings. The van der Waals surface area contributed by atoms with Crippen molar-refractivity contribution in [3.63, 3.8) is 0 Å². The second-order valence-electron chi connectivity index (χ2n) is 4.54. The zero-order valence-electron chi connectivity index (χ0n) is 11.1. The van der Waals surface area contributed by atoms with Crippen LogP contribution in [-0.2, 0) is 11.3 Å². The normalized spacial score (nSPS) is 18.9. The molecule has 1 aliphatic rings. The van der Waals surface area contributed by atoms with Gasteiger partial charge in [-0.3, -0.25) is 4.90 Å². The summed E-state index contributed by atoms with van der Waals surface area (Å²) in [6.07, 6.45) is -0.388. The van der Waals surface area contributed by atoms with E-state index in [9.17, 15) is 4.39 Å². The minimum absolute atomic E-state index is 0.205. The molecule has 2 rings (SSSR count). The van der Waals surface area contributed by atoms with Gasteiger partial charge in [-0.05, 0) is 17.7 Å². The van der Waals surface area contributed by atoms with Crippen molar-refractivity contribution >= 4 is 0 Å². The maximum absolute atomic E-state index is 13.6. The van der Waals surface area contributed by atoms with Crippen LogP contribution in [-0.4, -0.2) is 37.2 Å². The largest absolute Gasteiger partial charge is 0.361 e. The van der Waals surface area contributed by atoms with E-state index in [4.69, 9.17) is 15.7 Å². The summed E-state index contributed by atoms with van der Waals surface area (Å²) in [5, 5.41) is 8.87. The SMILES string of the molecule is N#CC1CN(Cc2ccc(F)c(C#CCN)c2)CCO1. The molecular weight excluding hydrogens is 257 g/mol. The van der Waals surface area contributed by atoms with Gasteiger partial charge in [0.2, 0.25) is 0 Å². The standard InChI is InChI=1S/C15H16FN3O/c16-15-4-3-12(8-13(15)2-1-5-17)10-19-6-7-20-14(9-18)11-19/h3-4,8,14H,5-7,10-11,17H2. The molecule has 4 nitrogen and oxygen atoms in total. The van der Waals surface area contributed by atoms with Gasteiger partial charge in [-0.25, -0.2) is 4.39 Å². The summed E-state index contributed by atoms with van der Waals surface area (Å²) in [4.78, 5) is 2.12. The highest BCUT2D eigenvalue weighted by Gasteiger charge is 2.19. The lowest BCUT2D eigenvalue weighted by molar-refractivity contribution is -0.00270. The first kappa shape index (κ1) is 14.5. The predicted octanol–water partition coefficient (Wildman–Crippen LogP) is 0.860. The Morgan fingerprint density at radius 3 is 3.10 bits per heavy atom. The Kier molecular flexibility index (Phi) is 5.09. The zero-order valence-corrected chi connectivity index (χ0v) is 11.1. The lowest BCUT2D eigenvalue weighted by Crippen LogP contribution is -2.41. The first-order valence-corrected chi connectivity index (χ1v) is 6.44. The molecular formula is C15H16FN3O. The van der Waals surface area contributed by atoms with Gasteiger partial charge in [0.1, 0.15) is 5.82 Å². The minimum atomic E-state index is -0.388. The van der Waals surface area contributed by atoms with Crippen molar-refractivity contribution in [2.45, 2.75) is 12.6 Å². The van der Waals surface area contributed by atoms with Crippen molar-refractivity contribution in [2.75, 3.05) is 26.2 Å². The molecule has 0 aliphatic carbocycles. The third-order valence-electron chi connectivity index (χ3n) is 3.06. The molecule has 0 radical (unpaired) electrons. The summed E-state index contributed by atoms with van der Waals surface area (Å²) in [5.74, 6) is 5.04. The third kappa shape index (κ3) is 3.79. The van der Waals surface area contributed by atoms with E-state index in [0.29, 0.717) is 25.3 Å². The van der Waals surface area contributed by atoms with Crippen LogP contribution >= 0.6 is 0 Å². The van der Waals surface area contributed by atoms with Crippen molar-refractivity contribution in [1.29, 1.82) is 5.26 Å². The molecule has 0 aromatic heterocycles. The summed E-state index contributed by atoms with van der Waals surface area (Å²) in [5.41, 5.74) is 6.62. The van der Waals surface area contributed by atoms with Gasteiger partial charge >= 0.3 is 0 Å². The summed E-state index contributed by atoms with van der Waals surface area (Å²) in [6.45, 7) is 2.73. The number of benzene rings is 1. The highest BCUT2D eigenvalue weighted by molar-refractivity contribution is 5.38. The molecule has 0 saturated carbocycles. The lowest BCUT2D eigenvalue weighted by Gasteiger charge is -2.29. The lowest BCUT2D eigenvalue weighted by atomic mass is 10.1. The van der Waals surface area contributed by atoms with Crippen LogP contribution in [0.2, 0.25) is 0 Å². The average Bonchev–Trinajstić information content (AvgIpc) is 2.48. The van der Waals surface area contributed by atoms with Crippen LogP contribution in [0.25, 0.3) is 0 Å². The Bertz CT molecular complexity index is 571. The molecule has 0 bridgehead atoms. The van der Waals surface area contributed by atoms with Crippen LogP contribution in [0.1, 0.15) is 11.1 Å². The van der Waals surface area contributed by atoms with Gasteiger partial charge in [0.05, 0.1) is 24.8 Å². The smallest absolute Gasteiger partial charge is 0.156 e. The molecule has 1 saturated heterocycles. The number of nitrogens with two attached hydrogens (primary N) is 1. The molecule has 1 unspecified atom stereocenters. The molecule has 5 heteroatoms. The zero-order chi connectivity index (χ0) is 14.4. The van der Waals surface area contributed by atoms with Gasteiger partial charge < -0.3 is 10.5 Å². The highest BCUT2D eigenvalue weighted by atomic mass is 19.1. The van der Waals surface area contributed by atoms with E-state index in [-0.39, 0.29) is 18.5 Å². The van der Waals surface area contributed by atoms with Gasteiger partial charge in [0, 0.05) is 19.6 Å². The number of hydrogen-bond donors (Lipinski definition) is 1. The highest BCUT2D eigenvalue weighted by Crippen LogP contribution is 2.14. The number of nitriles is 1. The molecule has 20 heavy (non-hydrogen) atoms. The molecule has 0 amide bonds. The van der Waals surface area contributed by atoms with E-state index >= 15 is 0 Å². The maximum Gasteiger partial charge on any atom is 0.156 e. The van der Waals surface area contributed by atoms with E-state index in [1.165, 1.54) is 6.07 Å². The Morgan fingerprint density at radius 2 is 2.35 bits per heavy atom. The molecule has 1 fully saturated rings. The number of hydrogen-bond acceptors (Lipinski definition) is 4. The first-order valence-electron chi connectivity index (χ1n) is 6.44. The molecule has 1 aliphatic heterocycles. The maximum atomic E-state index is 13.6. The Balaban J connectivity index is 2.08. The molecule has 0 spiro atoms. The predicted molar refractivity (Wildman–Crippen MR) is 73.0 cm³/mol. The minimum Gasteiger partial charge on any atom is -0.361 e. The quantitative estimate of drug-likeness (QED) is 0.812. The van der Waals surface area contributed by atoms with Gasteiger partial charge in [-0.2, -0.15) is 5.26 Å². The molecule has 1 heterocycles. The van der Waals surface area contributed by atoms with Crippen molar-refractivity contribution < 1.29 is 9.13 Å². The van der Waals surface area contributed by atoms with E-state index in [0.717, 1.165) is 12.1 Å². The molecule has 1 aromatic carbocycles. The van der Waals surface area contributed by atoms with Gasteiger partial charge in [-0.15, -0.1) is 0 Å². The molecule has 1 atom stereocenters. The first-order chi connectivity index (χ1) is 9.72. The van der Waals surface area contributed by atoms with E-state index in [2.05, 4.69) is 22.8 Å². The second-order valence-corrected chi connectivity index (χ2v) is 4.54. The Labute approximate surface area is 117 Å². The molecule has 2 N–H and O–H groups in total. The van der Waals surface area contributed by atoms with Gasteiger partial charge in [-0.1, -0.05) is 17.9 Å². The topological polar surface area (TPSA) is 62.3 Å². The Hall–Kier alpha value is -1.92. The number of morpholine rings is 1. The van der Waals surface area contributed by atoms with Crippen LogP contribution in [0.15, 0.2) is 18.2 Å². The van der Waals surface area contributed by atoms with Crippen LogP contribution in [0.3, 0.4) is 0 Å². The van der Waals surface area contributed by atoms with Crippen LogP contribution in [0, 0.1) is 29.0 Å². The summed E-state index contributed by atoms with van der Waals surface area (Å²) in [6, 6.07) is 6.99. The third-order valence-corrected chi connectivity index (χ3v) is 3.06. The van der Waals surface area contributed by atoms with Crippen molar-refractivity contribution in [1.82, 2.24) is 4.90 Å². The van der Waals surface area contributed by atoms with Crippen LogP contribution in [0.5, 0.6) is 0 Å². The number of ether oxygens (including phenoxy) is 1. The van der Waals surface area contributed by atoms with Crippen molar-refractivity contribution in [3.05, 3.63) is 35.1 Å². The van der Waals surface area contributed by atoms with E-state index in [1.54, 1.807) is 12.1 Å². The monoisotopic (exact) mass is 273 g/mol.